The molecule has 0 N–H and O–H groups in total. The van der Waals surface area contributed by atoms with Crippen molar-refractivity contribution in [2.24, 2.45) is 0 Å². The van der Waals surface area contributed by atoms with E-state index in [0.29, 0.717) is 0 Å². The second-order valence-electron chi connectivity index (χ2n) is 5.12. The normalized spacial score (nSPS) is 11.1. The van der Waals surface area contributed by atoms with Crippen LogP contribution in [0.1, 0.15) is 0 Å². The summed E-state index contributed by atoms with van der Waals surface area (Å²) < 4.78 is 0. The van der Waals surface area contributed by atoms with E-state index in [4.69, 9.17) is 0 Å². The summed E-state index contributed by atoms with van der Waals surface area (Å²) >= 11 is -1.35. The van der Waals surface area contributed by atoms with Crippen LogP contribution in [0.4, 0.5) is 0 Å². The minimum Gasteiger partial charge on any atom is -0.360 e. The molecule has 0 radical (unpaired) electrons. The number of hydrogen-bond donors (Lipinski definition) is 0. The van der Waals surface area contributed by atoms with Crippen molar-refractivity contribution in [2.75, 3.05) is 0 Å². The van der Waals surface area contributed by atoms with E-state index in [2.05, 4.69) is 47.3 Å². The maximum atomic E-state index is 3.44. The molecule has 58 valence electrons. The SMILES string of the molecule is [CH3][Al-]([CH3])([CH3])[C]#C[Si](C)(C)C.[Li+]. The van der Waals surface area contributed by atoms with Gasteiger partial charge in [-0.15, -0.1) is 0 Å². The number of rotatable bonds is 0. The first-order valence-electron chi connectivity index (χ1n) is 4.02. The molecule has 0 saturated heterocycles. The fraction of sp³-hybridized carbons (Fsp3) is 0.750. The summed E-state index contributed by atoms with van der Waals surface area (Å²) in [5.74, 6) is 6.96. The molecule has 0 atom stereocenters. The van der Waals surface area contributed by atoms with Crippen molar-refractivity contribution < 1.29 is 18.9 Å². The molecule has 0 aromatic carbocycles. The molecule has 0 aliphatic heterocycles. The van der Waals surface area contributed by atoms with E-state index in [0.717, 1.165) is 0 Å². The third-order valence-electron chi connectivity index (χ3n) is 0.880. The molecule has 0 amide bonds. The Morgan fingerprint density at radius 3 is 1.45 bits per heavy atom. The van der Waals surface area contributed by atoms with Crippen molar-refractivity contribution in [3.05, 3.63) is 0 Å². The van der Waals surface area contributed by atoms with Crippen molar-refractivity contribution in [2.45, 2.75) is 37.0 Å². The molecule has 0 unspecified atom stereocenters. The van der Waals surface area contributed by atoms with Gasteiger partial charge in [0.25, 0.3) is 0 Å². The van der Waals surface area contributed by atoms with Gasteiger partial charge < -0.3 is 4.78 Å². The molecular formula is C8H18AlLiSi. The Morgan fingerprint density at radius 2 is 1.36 bits per heavy atom. The van der Waals surface area contributed by atoms with Gasteiger partial charge in [-0.2, -0.15) is 22.9 Å². The zero-order valence-electron chi connectivity index (χ0n) is 9.08. The summed E-state index contributed by atoms with van der Waals surface area (Å²) in [6.45, 7) is 6.89. The molecule has 0 aromatic rings. The van der Waals surface area contributed by atoms with Gasteiger partial charge in [0.05, 0.1) is 0 Å². The third kappa shape index (κ3) is 13.8. The van der Waals surface area contributed by atoms with Crippen molar-refractivity contribution in [3.63, 3.8) is 0 Å². The first-order chi connectivity index (χ1) is 4.21. The predicted molar refractivity (Wildman–Crippen MR) is 54.5 cm³/mol. The van der Waals surface area contributed by atoms with Gasteiger partial charge in [-0.1, -0.05) is 19.6 Å². The molecule has 0 aliphatic carbocycles. The molecule has 0 aromatic heterocycles. The molecule has 0 heterocycles. The minimum absolute atomic E-state index is 0. The second-order valence-corrected chi connectivity index (χ2v) is 15.4. The number of hydrogen-bond acceptors (Lipinski definition) is 0. The summed E-state index contributed by atoms with van der Waals surface area (Å²) in [6, 6.07) is 0. The Morgan fingerprint density at radius 1 is 1.00 bits per heavy atom. The van der Waals surface area contributed by atoms with Gasteiger partial charge in [0.1, 0.15) is 8.07 Å². The van der Waals surface area contributed by atoms with E-state index in [-0.39, 0.29) is 18.9 Å². The van der Waals surface area contributed by atoms with Gasteiger partial charge >= 0.3 is 18.9 Å². The summed E-state index contributed by atoms with van der Waals surface area (Å²) in [6.07, 6.45) is 0. The van der Waals surface area contributed by atoms with Gasteiger partial charge in [0.2, 0.25) is 13.1 Å². The van der Waals surface area contributed by atoms with E-state index >= 15 is 0 Å². The largest absolute Gasteiger partial charge is 1.00 e. The van der Waals surface area contributed by atoms with Crippen molar-refractivity contribution >= 4 is 21.2 Å². The van der Waals surface area contributed by atoms with Crippen LogP contribution in [-0.4, -0.2) is 21.2 Å². The minimum atomic E-state index is -1.35. The maximum Gasteiger partial charge on any atom is 1.00 e. The van der Waals surface area contributed by atoms with Crippen molar-refractivity contribution in [1.29, 1.82) is 0 Å². The Labute approximate surface area is 87.0 Å². The zero-order chi connectivity index (χ0) is 8.41. The fourth-order valence-electron chi connectivity index (χ4n) is 0.433. The average molecular weight is 176 g/mol. The van der Waals surface area contributed by atoms with Gasteiger partial charge in [0, 0.05) is 0 Å². The molecule has 11 heavy (non-hydrogen) atoms. The van der Waals surface area contributed by atoms with Crippen molar-refractivity contribution in [3.8, 4) is 10.3 Å². The Bertz CT molecular complexity index is 147. The summed E-state index contributed by atoms with van der Waals surface area (Å²) in [7, 11) is -1.09. The average Bonchev–Trinajstić information content (AvgIpc) is 1.57. The van der Waals surface area contributed by atoms with Crippen LogP contribution in [-0.2, 0) is 0 Å². The van der Waals surface area contributed by atoms with Gasteiger partial charge in [-0.25, -0.2) is 0 Å². The van der Waals surface area contributed by atoms with Crippen LogP contribution in [0.3, 0.4) is 0 Å². The molecule has 0 nitrogen and oxygen atoms in total. The molecule has 0 rings (SSSR count). The van der Waals surface area contributed by atoms with E-state index in [1.807, 2.05) is 0 Å². The zero-order valence-corrected chi connectivity index (χ0v) is 11.2. The van der Waals surface area contributed by atoms with Crippen LogP contribution in [0.15, 0.2) is 0 Å². The van der Waals surface area contributed by atoms with Gasteiger partial charge in [-0.3, -0.25) is 0 Å². The maximum absolute atomic E-state index is 3.44. The van der Waals surface area contributed by atoms with Gasteiger partial charge in [-0.05, 0) is 0 Å². The Hall–Kier alpha value is 0.907. The molecule has 0 aliphatic rings. The van der Waals surface area contributed by atoms with E-state index < -0.39 is 21.2 Å². The monoisotopic (exact) mass is 176 g/mol. The predicted octanol–water partition coefficient (Wildman–Crippen LogP) is -0.251. The summed E-state index contributed by atoms with van der Waals surface area (Å²) in [5.41, 5.74) is 3.42. The molecule has 0 spiro atoms. The van der Waals surface area contributed by atoms with Crippen LogP contribution in [0, 0.1) is 10.3 Å². The molecule has 3 heteroatoms. The van der Waals surface area contributed by atoms with Crippen LogP contribution in [0.5, 0.6) is 0 Å². The van der Waals surface area contributed by atoms with E-state index in [1.54, 1.807) is 0 Å². The molecule has 0 bridgehead atoms. The standard InChI is InChI=1S/C5H9Si.3CH3.Al.Li/c1-5-6(2,3)4;;;;;/h2-4H3;3*1H3;;/q;;;;-1;+1. The van der Waals surface area contributed by atoms with E-state index in [9.17, 15) is 0 Å². The fourth-order valence-corrected chi connectivity index (χ4v) is 3.90. The van der Waals surface area contributed by atoms with Crippen LogP contribution in [0.2, 0.25) is 37.0 Å². The van der Waals surface area contributed by atoms with E-state index in [1.165, 1.54) is 0 Å². The second kappa shape index (κ2) is 4.82. The van der Waals surface area contributed by atoms with Crippen molar-refractivity contribution in [1.82, 2.24) is 0 Å². The van der Waals surface area contributed by atoms with Crippen LogP contribution >= 0.6 is 0 Å². The first kappa shape index (κ1) is 14.4. The molecular weight excluding hydrogens is 158 g/mol. The topological polar surface area (TPSA) is 0 Å². The van der Waals surface area contributed by atoms with Crippen LogP contribution < -0.4 is 18.9 Å². The first-order valence-corrected chi connectivity index (χ1v) is 11.6. The Balaban J connectivity index is 0. The van der Waals surface area contributed by atoms with Gasteiger partial charge in [0.15, 0.2) is 0 Å². The molecule has 0 fully saturated rings. The quantitative estimate of drug-likeness (QED) is 0.353. The summed E-state index contributed by atoms with van der Waals surface area (Å²) in [4.78, 5) is 3.44. The smallest absolute Gasteiger partial charge is 0.360 e. The third-order valence-corrected chi connectivity index (χ3v) is 3.07. The van der Waals surface area contributed by atoms with Crippen LogP contribution in [0.25, 0.3) is 0 Å². The Kier molecular flexibility index (Phi) is 6.32. The molecule has 0 saturated carbocycles. The summed E-state index contributed by atoms with van der Waals surface area (Å²) in [5, 5.41) is 0.